The largest absolute Gasteiger partial charge is 0.497 e. The molecule has 2 heterocycles. The molecule has 156 valence electrons. The summed E-state index contributed by atoms with van der Waals surface area (Å²) in [6, 6.07) is 9.52. The number of halogens is 3. The normalized spacial score (nSPS) is 12.4. The lowest BCUT2D eigenvalue weighted by Crippen LogP contribution is -2.31. The molecule has 0 N–H and O–H groups in total. The molecule has 0 fully saturated rings. The Morgan fingerprint density at radius 2 is 1.80 bits per heavy atom. The Bertz CT molecular complexity index is 1110. The monoisotopic (exact) mass is 417 g/mol. The van der Waals surface area contributed by atoms with E-state index in [0.29, 0.717) is 22.7 Å². The molecule has 0 amide bonds. The van der Waals surface area contributed by atoms with E-state index in [-0.39, 0.29) is 12.2 Å². The molecule has 0 saturated heterocycles. The molecule has 6 nitrogen and oxygen atoms in total. The van der Waals surface area contributed by atoms with Crippen LogP contribution in [0.25, 0.3) is 11.4 Å². The van der Waals surface area contributed by atoms with Crippen molar-refractivity contribution in [2.45, 2.75) is 25.6 Å². The number of aromatic nitrogens is 3. The van der Waals surface area contributed by atoms with Gasteiger partial charge < -0.3 is 4.74 Å². The molecular formula is C21H18F3N3O3. The molecular weight excluding hydrogens is 399 g/mol. The first kappa shape index (κ1) is 21.2. The molecule has 1 aromatic carbocycles. The number of rotatable bonds is 6. The van der Waals surface area contributed by atoms with E-state index in [2.05, 4.69) is 10.1 Å². The number of benzene rings is 1. The predicted molar refractivity (Wildman–Crippen MR) is 103 cm³/mol. The van der Waals surface area contributed by atoms with Crippen LogP contribution in [0.15, 0.2) is 59.5 Å². The van der Waals surface area contributed by atoms with Gasteiger partial charge in [-0.05, 0) is 36.8 Å². The van der Waals surface area contributed by atoms with Gasteiger partial charge in [0.25, 0.3) is 5.56 Å². The predicted octanol–water partition coefficient (Wildman–Crippen LogP) is 3.71. The number of hydrogen-bond acceptors (Lipinski definition) is 5. The Balaban J connectivity index is 1.82. The second-order valence-corrected chi connectivity index (χ2v) is 6.60. The number of hydrogen-bond donors (Lipinski definition) is 0. The third-order valence-corrected chi connectivity index (χ3v) is 4.55. The fourth-order valence-electron chi connectivity index (χ4n) is 2.81. The highest BCUT2D eigenvalue weighted by molar-refractivity contribution is 5.84. The first-order chi connectivity index (χ1) is 14.2. The van der Waals surface area contributed by atoms with E-state index in [1.807, 2.05) is 0 Å². The average Bonchev–Trinajstić information content (AvgIpc) is 2.73. The minimum absolute atomic E-state index is 0.130. The van der Waals surface area contributed by atoms with Crippen LogP contribution in [0, 0.1) is 0 Å². The third-order valence-electron chi connectivity index (χ3n) is 4.55. The highest BCUT2D eigenvalue weighted by atomic mass is 19.4. The second-order valence-electron chi connectivity index (χ2n) is 6.60. The van der Waals surface area contributed by atoms with Gasteiger partial charge in [-0.15, -0.1) is 0 Å². The van der Waals surface area contributed by atoms with Gasteiger partial charge in [0.05, 0.1) is 18.4 Å². The topological polar surface area (TPSA) is 74.1 Å². The van der Waals surface area contributed by atoms with E-state index in [1.165, 1.54) is 44.5 Å². The van der Waals surface area contributed by atoms with Gasteiger partial charge in [0.2, 0.25) is 0 Å². The number of nitrogens with zero attached hydrogens (tertiary/aromatic N) is 3. The minimum Gasteiger partial charge on any atom is -0.497 e. The van der Waals surface area contributed by atoms with E-state index < -0.39 is 23.3 Å². The van der Waals surface area contributed by atoms with Crippen molar-refractivity contribution in [3.05, 3.63) is 76.2 Å². The smallest absolute Gasteiger partial charge is 0.416 e. The van der Waals surface area contributed by atoms with Gasteiger partial charge >= 0.3 is 6.18 Å². The molecule has 2 aromatic heterocycles. The zero-order valence-electron chi connectivity index (χ0n) is 16.2. The number of carbonyl (C=O) groups is 1. The molecule has 0 bridgehead atoms. The van der Waals surface area contributed by atoms with Crippen molar-refractivity contribution in [1.29, 1.82) is 0 Å². The fourth-order valence-corrected chi connectivity index (χ4v) is 2.81. The standard InChI is InChI=1S/C21H18F3N3O3/c1-13(19(28)11-14-3-5-15(6-4-14)21(22,23)24)27-20(29)8-7-17(26-27)18-12-16(30-2)9-10-25-18/h3-10,12-13H,11H2,1-2H3. The van der Waals surface area contributed by atoms with Crippen molar-refractivity contribution in [1.82, 2.24) is 14.8 Å². The van der Waals surface area contributed by atoms with E-state index in [0.717, 1.165) is 16.8 Å². The molecule has 0 aliphatic rings. The molecule has 0 aliphatic heterocycles. The van der Waals surface area contributed by atoms with Crippen LogP contribution in [-0.4, -0.2) is 27.7 Å². The molecule has 0 saturated carbocycles. The molecule has 0 radical (unpaired) electrons. The number of methoxy groups -OCH3 is 1. The van der Waals surface area contributed by atoms with E-state index in [4.69, 9.17) is 4.74 Å². The summed E-state index contributed by atoms with van der Waals surface area (Å²) in [6.07, 6.45) is -3.04. The van der Waals surface area contributed by atoms with Crippen molar-refractivity contribution < 1.29 is 22.7 Å². The maximum atomic E-state index is 12.7. The van der Waals surface area contributed by atoms with Crippen molar-refractivity contribution in [2.75, 3.05) is 7.11 Å². The third kappa shape index (κ3) is 4.73. The van der Waals surface area contributed by atoms with Crippen LogP contribution in [0.2, 0.25) is 0 Å². The molecule has 9 heteroatoms. The molecule has 1 unspecified atom stereocenters. The van der Waals surface area contributed by atoms with Crippen LogP contribution in [0.5, 0.6) is 5.75 Å². The lowest BCUT2D eigenvalue weighted by molar-refractivity contribution is -0.137. The summed E-state index contributed by atoms with van der Waals surface area (Å²) >= 11 is 0. The number of carbonyl (C=O) groups excluding carboxylic acids is 1. The van der Waals surface area contributed by atoms with Gasteiger partial charge in [-0.1, -0.05) is 12.1 Å². The molecule has 0 spiro atoms. The lowest BCUT2D eigenvalue weighted by atomic mass is 10.0. The highest BCUT2D eigenvalue weighted by Gasteiger charge is 2.30. The van der Waals surface area contributed by atoms with Crippen LogP contribution >= 0.6 is 0 Å². The second kappa shape index (κ2) is 8.48. The number of pyridine rings is 1. The highest BCUT2D eigenvalue weighted by Crippen LogP contribution is 2.29. The summed E-state index contributed by atoms with van der Waals surface area (Å²) in [5, 5.41) is 4.24. The maximum Gasteiger partial charge on any atom is 0.416 e. The van der Waals surface area contributed by atoms with E-state index >= 15 is 0 Å². The van der Waals surface area contributed by atoms with Crippen LogP contribution in [0.4, 0.5) is 13.2 Å². The number of alkyl halides is 3. The summed E-state index contributed by atoms with van der Waals surface area (Å²) in [5.74, 6) is 0.200. The summed E-state index contributed by atoms with van der Waals surface area (Å²) in [6.45, 7) is 1.52. The molecule has 3 rings (SSSR count). The molecule has 0 aliphatic carbocycles. The number of Topliss-reactive ketones (excluding diaryl/α,β-unsaturated/α-hetero) is 1. The van der Waals surface area contributed by atoms with Crippen LogP contribution in [0.1, 0.15) is 24.1 Å². The summed E-state index contributed by atoms with van der Waals surface area (Å²) in [4.78, 5) is 29.1. The van der Waals surface area contributed by atoms with E-state index in [1.54, 1.807) is 12.1 Å². The zero-order chi connectivity index (χ0) is 21.9. The maximum absolute atomic E-state index is 12.7. The zero-order valence-corrected chi connectivity index (χ0v) is 16.2. The quantitative estimate of drug-likeness (QED) is 0.611. The molecule has 3 aromatic rings. The molecule has 30 heavy (non-hydrogen) atoms. The van der Waals surface area contributed by atoms with Crippen molar-refractivity contribution in [3.8, 4) is 17.1 Å². The Kier molecular flexibility index (Phi) is 6.00. The first-order valence-electron chi connectivity index (χ1n) is 8.98. The Hall–Kier alpha value is -3.49. The lowest BCUT2D eigenvalue weighted by Gasteiger charge is -2.14. The van der Waals surface area contributed by atoms with Crippen molar-refractivity contribution in [2.24, 2.45) is 0 Å². The summed E-state index contributed by atoms with van der Waals surface area (Å²) in [5.41, 5.74) is -0.00951. The summed E-state index contributed by atoms with van der Waals surface area (Å²) < 4.78 is 44.2. The first-order valence-corrected chi connectivity index (χ1v) is 8.98. The van der Waals surface area contributed by atoms with Crippen LogP contribution < -0.4 is 10.3 Å². The van der Waals surface area contributed by atoms with Crippen LogP contribution in [-0.2, 0) is 17.4 Å². The van der Waals surface area contributed by atoms with Crippen molar-refractivity contribution >= 4 is 5.78 Å². The van der Waals surface area contributed by atoms with Gasteiger partial charge in [0.1, 0.15) is 17.5 Å². The Morgan fingerprint density at radius 1 is 1.10 bits per heavy atom. The van der Waals surface area contributed by atoms with Gasteiger partial charge in [0.15, 0.2) is 5.78 Å². The summed E-state index contributed by atoms with van der Waals surface area (Å²) in [7, 11) is 1.51. The van der Waals surface area contributed by atoms with E-state index in [9.17, 15) is 22.8 Å². The number of ketones is 1. The molecule has 1 atom stereocenters. The Labute approximate surface area is 170 Å². The number of ether oxygens (including phenoxy) is 1. The average molecular weight is 417 g/mol. The van der Waals surface area contributed by atoms with Gasteiger partial charge in [-0.3, -0.25) is 14.6 Å². The van der Waals surface area contributed by atoms with Crippen molar-refractivity contribution in [3.63, 3.8) is 0 Å². The van der Waals surface area contributed by atoms with Gasteiger partial charge in [-0.2, -0.15) is 18.3 Å². The fraction of sp³-hybridized carbons (Fsp3) is 0.238. The minimum atomic E-state index is -4.44. The van der Waals surface area contributed by atoms with Gasteiger partial charge in [0, 0.05) is 24.8 Å². The van der Waals surface area contributed by atoms with Crippen LogP contribution in [0.3, 0.4) is 0 Å². The SMILES string of the molecule is COc1ccnc(-c2ccc(=O)n(C(C)C(=O)Cc3ccc(C(F)(F)F)cc3)n2)c1. The Morgan fingerprint density at radius 3 is 2.43 bits per heavy atom. The van der Waals surface area contributed by atoms with Gasteiger partial charge in [-0.25, -0.2) is 4.68 Å².